The Kier molecular flexibility index (Phi) is 5.06. The third-order valence-corrected chi connectivity index (χ3v) is 3.55. The maximum Gasteiger partial charge on any atom is 0.310 e. The van der Waals surface area contributed by atoms with Crippen LogP contribution in [0.2, 0.25) is 10.0 Å². The lowest BCUT2D eigenvalue weighted by Crippen LogP contribution is -2.24. The molecule has 0 aromatic heterocycles. The van der Waals surface area contributed by atoms with Gasteiger partial charge in [0.1, 0.15) is 0 Å². The summed E-state index contributed by atoms with van der Waals surface area (Å²) in [5.41, 5.74) is 0. The number of hydrogen-bond acceptors (Lipinski definition) is 4. The molecule has 0 saturated carbocycles. The van der Waals surface area contributed by atoms with E-state index in [1.165, 1.54) is 18.2 Å². The van der Waals surface area contributed by atoms with Gasteiger partial charge in [-0.25, -0.2) is 0 Å². The molecule has 0 spiro atoms. The van der Waals surface area contributed by atoms with Crippen LogP contribution in [0.15, 0.2) is 18.2 Å². The topological polar surface area (TPSA) is 46.6 Å². The van der Waals surface area contributed by atoms with E-state index in [-0.39, 0.29) is 16.5 Å². The number of rotatable bonds is 5. The number of halogens is 2. The summed E-state index contributed by atoms with van der Waals surface area (Å²) in [7, 11) is -0.0692. The zero-order valence-electron chi connectivity index (χ0n) is 9.48. The second-order valence-corrected chi connectivity index (χ2v) is 6.26. The van der Waals surface area contributed by atoms with Crippen molar-refractivity contribution in [2.75, 3.05) is 26.4 Å². The Hall–Kier alpha value is -0.490. The van der Waals surface area contributed by atoms with E-state index in [1.54, 1.807) is 19.0 Å². The van der Waals surface area contributed by atoms with Gasteiger partial charge in [-0.3, -0.25) is 0 Å². The minimum Gasteiger partial charge on any atom is -0.381 e. The molecule has 0 aliphatic rings. The summed E-state index contributed by atoms with van der Waals surface area (Å²) in [5, 5.41) is 0.596. The zero-order valence-corrected chi connectivity index (χ0v) is 11.8. The fraction of sp³-hybridized carbons (Fsp3) is 0.400. The Balaban J connectivity index is 2.76. The van der Waals surface area contributed by atoms with Gasteiger partial charge in [0.15, 0.2) is 5.75 Å². The predicted molar refractivity (Wildman–Crippen MR) is 69.4 cm³/mol. The van der Waals surface area contributed by atoms with Crippen LogP contribution >= 0.6 is 23.2 Å². The highest BCUT2D eigenvalue weighted by Crippen LogP contribution is 2.28. The molecule has 0 amide bonds. The first-order valence-corrected chi connectivity index (χ1v) is 7.15. The van der Waals surface area contributed by atoms with Gasteiger partial charge in [-0.05, 0) is 32.3 Å². The Labute approximate surface area is 111 Å². The molecule has 0 aliphatic heterocycles. The summed E-state index contributed by atoms with van der Waals surface area (Å²) in [5.74, 6) is -0.00583. The van der Waals surface area contributed by atoms with E-state index in [9.17, 15) is 8.42 Å². The smallest absolute Gasteiger partial charge is 0.310 e. The van der Waals surface area contributed by atoms with Crippen LogP contribution < -0.4 is 4.18 Å². The average Bonchev–Trinajstić information content (AvgIpc) is 2.20. The fourth-order valence-corrected chi connectivity index (χ4v) is 2.60. The van der Waals surface area contributed by atoms with E-state index >= 15 is 0 Å². The maximum absolute atomic E-state index is 11.6. The van der Waals surface area contributed by atoms with Crippen molar-refractivity contribution in [2.45, 2.75) is 0 Å². The standard InChI is InChI=1S/C10H13Cl2NO3S/c1-13(2)5-6-17(14,15)16-10-4-3-8(11)7-9(10)12/h3-4,7H,5-6H2,1-2H3. The monoisotopic (exact) mass is 297 g/mol. The second kappa shape index (κ2) is 5.91. The van der Waals surface area contributed by atoms with Crippen molar-refractivity contribution >= 4 is 33.3 Å². The first-order valence-electron chi connectivity index (χ1n) is 4.82. The molecule has 7 heteroatoms. The van der Waals surface area contributed by atoms with Gasteiger partial charge in [0, 0.05) is 11.6 Å². The van der Waals surface area contributed by atoms with Crippen LogP contribution in [0.25, 0.3) is 0 Å². The minimum absolute atomic E-state index is 0.0924. The summed E-state index contributed by atoms with van der Waals surface area (Å²) in [6.07, 6.45) is 0. The first-order chi connectivity index (χ1) is 7.80. The van der Waals surface area contributed by atoms with Gasteiger partial charge in [0.05, 0.1) is 10.8 Å². The van der Waals surface area contributed by atoms with E-state index in [2.05, 4.69) is 0 Å². The molecule has 0 aliphatic carbocycles. The van der Waals surface area contributed by atoms with Crippen LogP contribution in [0.4, 0.5) is 0 Å². The van der Waals surface area contributed by atoms with Crippen molar-refractivity contribution in [1.29, 1.82) is 0 Å². The Morgan fingerprint density at radius 1 is 1.29 bits per heavy atom. The highest BCUT2D eigenvalue weighted by molar-refractivity contribution is 7.87. The minimum atomic E-state index is -3.63. The summed E-state index contributed by atoms with van der Waals surface area (Å²) in [4.78, 5) is 1.75. The number of nitrogens with zero attached hydrogens (tertiary/aromatic N) is 1. The molecule has 4 nitrogen and oxygen atoms in total. The molecule has 1 aromatic rings. The van der Waals surface area contributed by atoms with Crippen molar-refractivity contribution < 1.29 is 12.6 Å². The second-order valence-electron chi connectivity index (χ2n) is 3.72. The Bertz CT molecular complexity index is 488. The lowest BCUT2D eigenvalue weighted by Gasteiger charge is -2.11. The molecule has 0 radical (unpaired) electrons. The quantitative estimate of drug-likeness (QED) is 0.782. The van der Waals surface area contributed by atoms with Gasteiger partial charge < -0.3 is 9.08 Å². The fourth-order valence-electron chi connectivity index (χ4n) is 1.02. The molecule has 0 heterocycles. The van der Waals surface area contributed by atoms with E-state index in [0.717, 1.165) is 0 Å². The molecule has 96 valence electrons. The van der Waals surface area contributed by atoms with Crippen LogP contribution in [-0.4, -0.2) is 39.7 Å². The van der Waals surface area contributed by atoms with Crippen LogP contribution in [0.5, 0.6) is 5.75 Å². The molecule has 0 fully saturated rings. The van der Waals surface area contributed by atoms with Crippen molar-refractivity contribution in [3.05, 3.63) is 28.2 Å². The van der Waals surface area contributed by atoms with Gasteiger partial charge in [0.2, 0.25) is 0 Å². The van der Waals surface area contributed by atoms with Gasteiger partial charge in [-0.2, -0.15) is 8.42 Å². The normalized spacial score (nSPS) is 11.8. The predicted octanol–water partition coefficient (Wildman–Crippen LogP) is 2.26. The SMILES string of the molecule is CN(C)CCS(=O)(=O)Oc1ccc(Cl)cc1Cl. The summed E-state index contributed by atoms with van der Waals surface area (Å²) < 4.78 is 28.1. The highest BCUT2D eigenvalue weighted by atomic mass is 35.5. The van der Waals surface area contributed by atoms with Crippen molar-refractivity contribution in [3.63, 3.8) is 0 Å². The maximum atomic E-state index is 11.6. The largest absolute Gasteiger partial charge is 0.381 e. The highest BCUT2D eigenvalue weighted by Gasteiger charge is 2.15. The lowest BCUT2D eigenvalue weighted by atomic mass is 10.3. The molecule has 0 atom stereocenters. The molecule has 0 N–H and O–H groups in total. The van der Waals surface area contributed by atoms with E-state index in [1.807, 2.05) is 0 Å². The molecular formula is C10H13Cl2NO3S. The van der Waals surface area contributed by atoms with E-state index in [0.29, 0.717) is 11.6 Å². The molecule has 1 rings (SSSR count). The molecular weight excluding hydrogens is 285 g/mol. The first kappa shape index (κ1) is 14.6. The van der Waals surface area contributed by atoms with E-state index in [4.69, 9.17) is 27.4 Å². The molecule has 1 aromatic carbocycles. The Morgan fingerprint density at radius 3 is 2.47 bits per heavy atom. The van der Waals surface area contributed by atoms with Crippen LogP contribution in [0, 0.1) is 0 Å². The molecule has 17 heavy (non-hydrogen) atoms. The molecule has 0 bridgehead atoms. The number of benzene rings is 1. The van der Waals surface area contributed by atoms with Gasteiger partial charge in [-0.15, -0.1) is 0 Å². The average molecular weight is 298 g/mol. The number of hydrogen-bond donors (Lipinski definition) is 0. The lowest BCUT2D eigenvalue weighted by molar-refractivity contribution is 0.419. The van der Waals surface area contributed by atoms with Crippen molar-refractivity contribution in [3.8, 4) is 5.75 Å². The van der Waals surface area contributed by atoms with Crippen LogP contribution in [-0.2, 0) is 10.1 Å². The van der Waals surface area contributed by atoms with Crippen molar-refractivity contribution in [2.24, 2.45) is 0 Å². The molecule has 0 unspecified atom stereocenters. The van der Waals surface area contributed by atoms with Gasteiger partial charge in [-0.1, -0.05) is 23.2 Å². The summed E-state index contributed by atoms with van der Waals surface area (Å²) >= 11 is 11.5. The third kappa shape index (κ3) is 5.12. The summed E-state index contributed by atoms with van der Waals surface area (Å²) in [6, 6.07) is 4.38. The summed E-state index contributed by atoms with van der Waals surface area (Å²) in [6.45, 7) is 0.382. The Morgan fingerprint density at radius 2 is 1.94 bits per heavy atom. The van der Waals surface area contributed by atoms with E-state index < -0.39 is 10.1 Å². The van der Waals surface area contributed by atoms with Gasteiger partial charge in [0.25, 0.3) is 0 Å². The third-order valence-electron chi connectivity index (χ3n) is 1.90. The van der Waals surface area contributed by atoms with Gasteiger partial charge >= 0.3 is 10.1 Å². The van der Waals surface area contributed by atoms with Crippen LogP contribution in [0.1, 0.15) is 0 Å². The molecule has 0 saturated heterocycles. The van der Waals surface area contributed by atoms with Crippen LogP contribution in [0.3, 0.4) is 0 Å². The van der Waals surface area contributed by atoms with Crippen molar-refractivity contribution in [1.82, 2.24) is 4.90 Å². The zero-order chi connectivity index (χ0) is 13.1.